The molecule has 0 saturated heterocycles. The zero-order valence-corrected chi connectivity index (χ0v) is 11.3. The monoisotopic (exact) mass is 231 g/mol. The van der Waals surface area contributed by atoms with Gasteiger partial charge in [-0.15, -0.1) is 0 Å². The summed E-state index contributed by atoms with van der Waals surface area (Å²) in [6.45, 7) is 11.0. The normalized spacial score (nSPS) is 15.4. The molecule has 0 aliphatic carbocycles. The smallest absolute Gasteiger partial charge is 0.412 e. The lowest BCUT2D eigenvalue weighted by molar-refractivity contribution is -0.0383. The Bertz CT molecular complexity index is 221. The second-order valence-electron chi connectivity index (χ2n) is 5.16. The van der Waals surface area contributed by atoms with Crippen LogP contribution in [-0.4, -0.2) is 34.0 Å². The van der Waals surface area contributed by atoms with Crippen molar-refractivity contribution in [3.63, 3.8) is 0 Å². The largest absolute Gasteiger partial charge is 0.444 e. The summed E-state index contributed by atoms with van der Waals surface area (Å²) in [5.74, 6) is 0. The van der Waals surface area contributed by atoms with Crippen molar-refractivity contribution in [3.05, 3.63) is 0 Å². The summed E-state index contributed by atoms with van der Waals surface area (Å²) in [5.41, 5.74) is -0.532. The van der Waals surface area contributed by atoms with Gasteiger partial charge in [0.15, 0.2) is 0 Å². The number of carbonyl (C=O) groups excluding carboxylic acids is 1. The van der Waals surface area contributed by atoms with Gasteiger partial charge < -0.3 is 9.84 Å². The number of rotatable bonds is 4. The van der Waals surface area contributed by atoms with Crippen LogP contribution in [0.5, 0.6) is 0 Å². The summed E-state index contributed by atoms with van der Waals surface area (Å²) in [6.07, 6.45) is 0.539. The molecule has 0 bridgehead atoms. The van der Waals surface area contributed by atoms with Crippen LogP contribution in [-0.2, 0) is 4.74 Å². The Morgan fingerprint density at radius 2 is 1.88 bits per heavy atom. The first-order valence-corrected chi connectivity index (χ1v) is 5.88. The number of carbonyl (C=O) groups is 1. The number of aliphatic hydroxyl groups excluding tert-OH is 1. The van der Waals surface area contributed by atoms with Crippen LogP contribution in [0, 0.1) is 0 Å². The van der Waals surface area contributed by atoms with Crippen LogP contribution in [0.1, 0.15) is 54.4 Å². The van der Waals surface area contributed by atoms with E-state index in [0.29, 0.717) is 0 Å². The van der Waals surface area contributed by atoms with Gasteiger partial charge in [0.05, 0.1) is 0 Å². The predicted octanol–water partition coefficient (Wildman–Crippen LogP) is 2.75. The number of nitrogens with zero attached hydrogens (tertiary/aromatic N) is 1. The quantitative estimate of drug-likeness (QED) is 0.757. The number of hydrogen-bond acceptors (Lipinski definition) is 3. The van der Waals surface area contributed by atoms with E-state index in [1.807, 2.05) is 34.6 Å². The van der Waals surface area contributed by atoms with E-state index in [-0.39, 0.29) is 6.04 Å². The van der Waals surface area contributed by atoms with Crippen molar-refractivity contribution < 1.29 is 14.6 Å². The van der Waals surface area contributed by atoms with E-state index >= 15 is 0 Å². The minimum atomic E-state index is -0.823. The van der Waals surface area contributed by atoms with E-state index < -0.39 is 17.9 Å². The predicted molar refractivity (Wildman–Crippen MR) is 64.1 cm³/mol. The molecule has 0 fully saturated rings. The lowest BCUT2D eigenvalue weighted by atomic mass is 10.1. The SMILES string of the molecule is CCCC(C)N(C(=O)OC(C)(C)C)C(C)O. The summed E-state index contributed by atoms with van der Waals surface area (Å²) in [6, 6.07) is -0.0140. The summed E-state index contributed by atoms with van der Waals surface area (Å²) in [4.78, 5) is 13.2. The van der Waals surface area contributed by atoms with Crippen molar-refractivity contribution in [1.82, 2.24) is 4.90 Å². The molecule has 0 radical (unpaired) electrons. The summed E-state index contributed by atoms with van der Waals surface area (Å²) < 4.78 is 5.26. The van der Waals surface area contributed by atoms with Gasteiger partial charge in [-0.3, -0.25) is 4.90 Å². The number of amides is 1. The molecule has 96 valence electrons. The van der Waals surface area contributed by atoms with Gasteiger partial charge in [-0.2, -0.15) is 0 Å². The molecule has 4 heteroatoms. The Morgan fingerprint density at radius 1 is 1.38 bits per heavy atom. The van der Waals surface area contributed by atoms with Gasteiger partial charge in [0.2, 0.25) is 0 Å². The minimum absolute atomic E-state index is 0.0140. The van der Waals surface area contributed by atoms with Crippen molar-refractivity contribution >= 4 is 6.09 Å². The van der Waals surface area contributed by atoms with E-state index in [1.165, 1.54) is 4.90 Å². The Hall–Kier alpha value is -0.770. The Morgan fingerprint density at radius 3 is 2.19 bits per heavy atom. The molecule has 0 rings (SSSR count). The maximum absolute atomic E-state index is 11.9. The molecule has 1 N–H and O–H groups in total. The van der Waals surface area contributed by atoms with Crippen LogP contribution in [0.4, 0.5) is 4.79 Å². The maximum atomic E-state index is 11.9. The van der Waals surface area contributed by atoms with Gasteiger partial charge in [0, 0.05) is 6.04 Å². The first kappa shape index (κ1) is 15.2. The zero-order valence-electron chi connectivity index (χ0n) is 11.3. The lowest BCUT2D eigenvalue weighted by Gasteiger charge is -2.33. The fraction of sp³-hybridized carbons (Fsp3) is 0.917. The third-order valence-corrected chi connectivity index (χ3v) is 2.19. The highest BCUT2D eigenvalue weighted by Gasteiger charge is 2.28. The third-order valence-electron chi connectivity index (χ3n) is 2.19. The first-order valence-electron chi connectivity index (χ1n) is 5.88. The maximum Gasteiger partial charge on any atom is 0.412 e. The molecule has 0 spiro atoms. The van der Waals surface area contributed by atoms with Gasteiger partial charge >= 0.3 is 6.09 Å². The molecule has 0 heterocycles. The number of aliphatic hydroxyl groups is 1. The zero-order chi connectivity index (χ0) is 12.9. The third kappa shape index (κ3) is 5.35. The molecule has 0 aromatic heterocycles. The van der Waals surface area contributed by atoms with Crippen molar-refractivity contribution in [3.8, 4) is 0 Å². The number of ether oxygens (including phenoxy) is 1. The Kier molecular flexibility index (Phi) is 5.79. The fourth-order valence-corrected chi connectivity index (χ4v) is 1.57. The molecule has 0 aliphatic heterocycles. The van der Waals surface area contributed by atoms with Crippen LogP contribution in [0.3, 0.4) is 0 Å². The van der Waals surface area contributed by atoms with Crippen LogP contribution in [0.15, 0.2) is 0 Å². The van der Waals surface area contributed by atoms with Crippen LogP contribution >= 0.6 is 0 Å². The second-order valence-corrected chi connectivity index (χ2v) is 5.16. The minimum Gasteiger partial charge on any atom is -0.444 e. The summed E-state index contributed by atoms with van der Waals surface area (Å²) in [7, 11) is 0. The molecule has 4 nitrogen and oxygen atoms in total. The Labute approximate surface area is 98.6 Å². The van der Waals surface area contributed by atoms with Gasteiger partial charge in [-0.25, -0.2) is 4.79 Å². The standard InChI is InChI=1S/C12H25NO3/c1-7-8-9(2)13(10(3)14)11(15)16-12(4,5)6/h9-10,14H,7-8H2,1-6H3. The Balaban J connectivity index is 4.60. The molecule has 1 amide bonds. The molecule has 2 unspecified atom stereocenters. The highest BCUT2D eigenvalue weighted by atomic mass is 16.6. The summed E-state index contributed by atoms with van der Waals surface area (Å²) >= 11 is 0. The average Bonchev–Trinajstić information content (AvgIpc) is 1.99. The molecule has 0 aliphatic rings. The van der Waals surface area contributed by atoms with Gasteiger partial charge in [0.1, 0.15) is 11.8 Å². The van der Waals surface area contributed by atoms with Gasteiger partial charge in [0.25, 0.3) is 0 Å². The van der Waals surface area contributed by atoms with E-state index in [1.54, 1.807) is 6.92 Å². The van der Waals surface area contributed by atoms with Gasteiger partial charge in [-0.05, 0) is 41.0 Å². The molecule has 2 atom stereocenters. The molecule has 0 saturated carbocycles. The van der Waals surface area contributed by atoms with Crippen molar-refractivity contribution in [2.24, 2.45) is 0 Å². The van der Waals surface area contributed by atoms with Crippen LogP contribution in [0.2, 0.25) is 0 Å². The van der Waals surface area contributed by atoms with Crippen LogP contribution < -0.4 is 0 Å². The molecule has 0 aromatic rings. The first-order chi connectivity index (χ1) is 7.19. The second kappa shape index (κ2) is 6.09. The van der Waals surface area contributed by atoms with Gasteiger partial charge in [-0.1, -0.05) is 13.3 Å². The van der Waals surface area contributed by atoms with Crippen molar-refractivity contribution in [1.29, 1.82) is 0 Å². The van der Waals surface area contributed by atoms with E-state index in [9.17, 15) is 9.90 Å². The van der Waals surface area contributed by atoms with E-state index in [4.69, 9.17) is 4.74 Å². The average molecular weight is 231 g/mol. The highest BCUT2D eigenvalue weighted by Crippen LogP contribution is 2.16. The topological polar surface area (TPSA) is 49.8 Å². The van der Waals surface area contributed by atoms with Crippen molar-refractivity contribution in [2.45, 2.75) is 72.3 Å². The molecular weight excluding hydrogens is 206 g/mol. The number of hydrogen-bond donors (Lipinski definition) is 1. The van der Waals surface area contributed by atoms with Crippen molar-refractivity contribution in [2.75, 3.05) is 0 Å². The molecule has 0 aromatic carbocycles. The van der Waals surface area contributed by atoms with E-state index in [2.05, 4.69) is 0 Å². The summed E-state index contributed by atoms with van der Waals surface area (Å²) in [5, 5.41) is 9.60. The van der Waals surface area contributed by atoms with E-state index in [0.717, 1.165) is 12.8 Å². The van der Waals surface area contributed by atoms with Crippen LogP contribution in [0.25, 0.3) is 0 Å². The molecular formula is C12H25NO3. The fourth-order valence-electron chi connectivity index (χ4n) is 1.57. The molecule has 16 heavy (non-hydrogen) atoms. The highest BCUT2D eigenvalue weighted by molar-refractivity contribution is 5.68. The lowest BCUT2D eigenvalue weighted by Crippen LogP contribution is -2.47.